The van der Waals surface area contributed by atoms with E-state index in [9.17, 15) is 8.42 Å². The van der Waals surface area contributed by atoms with Crippen molar-refractivity contribution in [1.82, 2.24) is 4.98 Å². The predicted octanol–water partition coefficient (Wildman–Crippen LogP) is 2.85. The molecule has 0 amide bonds. The highest BCUT2D eigenvalue weighted by Crippen LogP contribution is 2.16. The maximum atomic E-state index is 11.3. The fourth-order valence-electron chi connectivity index (χ4n) is 1.36. The van der Waals surface area contributed by atoms with Crippen LogP contribution in [0.2, 0.25) is 0 Å². The number of sulfone groups is 1. The van der Waals surface area contributed by atoms with Gasteiger partial charge >= 0.3 is 0 Å². The summed E-state index contributed by atoms with van der Waals surface area (Å²) in [6.07, 6.45) is 8.35. The summed E-state index contributed by atoms with van der Waals surface area (Å²) in [7, 11) is -3.18. The van der Waals surface area contributed by atoms with Crippen LogP contribution in [0.25, 0.3) is 5.57 Å². The Balaban J connectivity index is 3.05. The summed E-state index contributed by atoms with van der Waals surface area (Å²) < 4.78 is 22.6. The van der Waals surface area contributed by atoms with E-state index in [4.69, 9.17) is 0 Å². The van der Waals surface area contributed by atoms with Crippen LogP contribution < -0.4 is 0 Å². The summed E-state index contributed by atoms with van der Waals surface area (Å²) in [6.45, 7) is 5.83. The lowest BCUT2D eigenvalue weighted by Gasteiger charge is -2.03. The second kappa shape index (κ2) is 5.77. The van der Waals surface area contributed by atoms with Crippen molar-refractivity contribution in [2.75, 3.05) is 6.26 Å². The molecule has 17 heavy (non-hydrogen) atoms. The maximum absolute atomic E-state index is 11.3. The first kappa shape index (κ1) is 13.6. The van der Waals surface area contributed by atoms with Gasteiger partial charge in [0.25, 0.3) is 0 Å². The Hall–Kier alpha value is -1.42. The third kappa shape index (κ3) is 3.82. The molecule has 0 radical (unpaired) electrons. The first-order chi connectivity index (χ1) is 7.99. The van der Waals surface area contributed by atoms with E-state index in [1.807, 2.05) is 0 Å². The van der Waals surface area contributed by atoms with Crippen molar-refractivity contribution < 1.29 is 8.42 Å². The second-order valence-electron chi connectivity index (χ2n) is 3.80. The second-order valence-corrected chi connectivity index (χ2v) is 5.82. The van der Waals surface area contributed by atoms with E-state index >= 15 is 0 Å². The Bertz CT molecular complexity index is 513. The largest absolute Gasteiger partial charge is 0.255 e. The summed E-state index contributed by atoms with van der Waals surface area (Å²) in [5.41, 5.74) is 1.69. The van der Waals surface area contributed by atoms with Gasteiger partial charge in [0.2, 0.25) is 0 Å². The number of nitrogens with zero attached hydrogens (tertiary/aromatic N) is 1. The van der Waals surface area contributed by atoms with Crippen molar-refractivity contribution in [1.29, 1.82) is 0 Å². The molecule has 0 bridgehead atoms. The Morgan fingerprint density at radius 1 is 1.47 bits per heavy atom. The lowest BCUT2D eigenvalue weighted by atomic mass is 10.1. The Morgan fingerprint density at radius 3 is 2.59 bits per heavy atom. The molecule has 4 heteroatoms. The van der Waals surface area contributed by atoms with Gasteiger partial charge in [-0.2, -0.15) is 0 Å². The molecule has 0 atom stereocenters. The standard InChI is InChI=1S/C13H17NO2S/c1-4-6-7-11(5-2)13-9-8-12(10-14-13)17(3,15)16/h5,7-10H,2,4,6H2,1,3H3/b11-7-. The van der Waals surface area contributed by atoms with E-state index in [1.165, 1.54) is 12.5 Å². The molecule has 0 aliphatic heterocycles. The molecule has 0 unspecified atom stereocenters. The van der Waals surface area contributed by atoms with E-state index in [2.05, 4.69) is 24.6 Å². The molecular formula is C13H17NO2S. The van der Waals surface area contributed by atoms with Crippen molar-refractivity contribution in [3.63, 3.8) is 0 Å². The normalized spacial score (nSPS) is 12.5. The van der Waals surface area contributed by atoms with Gasteiger partial charge in [-0.05, 0) is 24.1 Å². The Kier molecular flexibility index (Phi) is 4.63. The van der Waals surface area contributed by atoms with Crippen LogP contribution in [0.4, 0.5) is 0 Å². The van der Waals surface area contributed by atoms with E-state index < -0.39 is 9.84 Å². The van der Waals surface area contributed by atoms with Crippen molar-refractivity contribution in [3.05, 3.63) is 42.8 Å². The van der Waals surface area contributed by atoms with Gasteiger partial charge in [-0.3, -0.25) is 4.98 Å². The van der Waals surface area contributed by atoms with E-state index in [-0.39, 0.29) is 4.90 Å². The summed E-state index contributed by atoms with van der Waals surface area (Å²) in [5.74, 6) is 0. The smallest absolute Gasteiger partial charge is 0.177 e. The van der Waals surface area contributed by atoms with Gasteiger partial charge < -0.3 is 0 Å². The monoisotopic (exact) mass is 251 g/mol. The number of rotatable bonds is 5. The minimum absolute atomic E-state index is 0.236. The van der Waals surface area contributed by atoms with Gasteiger partial charge in [-0.25, -0.2) is 8.42 Å². The van der Waals surface area contributed by atoms with Gasteiger partial charge in [-0.15, -0.1) is 0 Å². The average molecular weight is 251 g/mol. The molecule has 0 saturated heterocycles. The minimum Gasteiger partial charge on any atom is -0.255 e. The van der Waals surface area contributed by atoms with Gasteiger partial charge in [-0.1, -0.05) is 32.1 Å². The predicted molar refractivity (Wildman–Crippen MR) is 70.4 cm³/mol. The van der Waals surface area contributed by atoms with Gasteiger partial charge in [0.15, 0.2) is 9.84 Å². The lowest BCUT2D eigenvalue weighted by Crippen LogP contribution is -1.98. The van der Waals surface area contributed by atoms with Crippen LogP contribution in [0.3, 0.4) is 0 Å². The number of unbranched alkanes of at least 4 members (excludes halogenated alkanes) is 1. The van der Waals surface area contributed by atoms with Crippen molar-refractivity contribution in [2.24, 2.45) is 0 Å². The molecule has 0 N–H and O–H groups in total. The van der Waals surface area contributed by atoms with Crippen molar-refractivity contribution in [3.8, 4) is 0 Å². The summed E-state index contributed by atoms with van der Waals surface area (Å²) >= 11 is 0. The average Bonchev–Trinajstić information content (AvgIpc) is 2.29. The molecule has 0 spiro atoms. The van der Waals surface area contributed by atoms with E-state index in [0.29, 0.717) is 0 Å². The first-order valence-electron chi connectivity index (χ1n) is 5.48. The fraction of sp³-hybridized carbons (Fsp3) is 0.308. The quantitative estimate of drug-likeness (QED) is 0.756. The topological polar surface area (TPSA) is 47.0 Å². The third-order valence-corrected chi connectivity index (χ3v) is 3.43. The lowest BCUT2D eigenvalue weighted by molar-refractivity contribution is 0.601. The number of hydrogen-bond acceptors (Lipinski definition) is 3. The van der Waals surface area contributed by atoms with Crippen LogP contribution in [0, 0.1) is 0 Å². The molecule has 0 aliphatic rings. The fourth-order valence-corrected chi connectivity index (χ4v) is 1.92. The molecule has 0 aromatic carbocycles. The zero-order valence-electron chi connectivity index (χ0n) is 10.2. The third-order valence-electron chi connectivity index (χ3n) is 2.33. The molecule has 3 nitrogen and oxygen atoms in total. The number of aromatic nitrogens is 1. The van der Waals surface area contributed by atoms with Crippen LogP contribution in [0.5, 0.6) is 0 Å². The molecule has 92 valence electrons. The number of pyridine rings is 1. The van der Waals surface area contributed by atoms with Crippen LogP contribution >= 0.6 is 0 Å². The Labute approximate surface area is 103 Å². The zero-order valence-corrected chi connectivity index (χ0v) is 11.0. The Morgan fingerprint density at radius 2 is 2.18 bits per heavy atom. The van der Waals surface area contributed by atoms with Crippen LogP contribution in [-0.4, -0.2) is 19.7 Å². The summed E-state index contributed by atoms with van der Waals surface area (Å²) in [5, 5.41) is 0. The number of allylic oxidation sites excluding steroid dienone is 3. The van der Waals surface area contributed by atoms with Gasteiger partial charge in [0, 0.05) is 12.5 Å². The highest BCUT2D eigenvalue weighted by molar-refractivity contribution is 7.90. The highest BCUT2D eigenvalue weighted by Gasteiger charge is 2.07. The SMILES string of the molecule is C=C/C(=C/CCC)c1ccc(S(C)(=O)=O)cn1. The molecule has 1 rings (SSSR count). The minimum atomic E-state index is -3.18. The molecule has 0 saturated carbocycles. The molecule has 0 fully saturated rings. The van der Waals surface area contributed by atoms with Gasteiger partial charge in [0.05, 0.1) is 10.6 Å². The summed E-state index contributed by atoms with van der Waals surface area (Å²) in [6, 6.07) is 3.28. The van der Waals surface area contributed by atoms with Crippen molar-refractivity contribution >= 4 is 15.4 Å². The van der Waals surface area contributed by atoms with Crippen LogP contribution in [0.1, 0.15) is 25.5 Å². The first-order valence-corrected chi connectivity index (χ1v) is 7.37. The molecule has 1 aromatic heterocycles. The summed E-state index contributed by atoms with van der Waals surface area (Å²) in [4.78, 5) is 4.39. The molecule has 0 aliphatic carbocycles. The van der Waals surface area contributed by atoms with Crippen molar-refractivity contribution in [2.45, 2.75) is 24.7 Å². The van der Waals surface area contributed by atoms with Crippen LogP contribution in [0.15, 0.2) is 42.0 Å². The molecule has 1 aromatic rings. The number of hydrogen-bond donors (Lipinski definition) is 0. The molecular weight excluding hydrogens is 234 g/mol. The van der Waals surface area contributed by atoms with E-state index in [1.54, 1.807) is 18.2 Å². The van der Waals surface area contributed by atoms with E-state index in [0.717, 1.165) is 24.1 Å². The zero-order chi connectivity index (χ0) is 12.9. The van der Waals surface area contributed by atoms with Gasteiger partial charge in [0.1, 0.15) is 0 Å². The molecule has 1 heterocycles. The highest BCUT2D eigenvalue weighted by atomic mass is 32.2. The van der Waals surface area contributed by atoms with Crippen LogP contribution in [-0.2, 0) is 9.84 Å². The maximum Gasteiger partial charge on any atom is 0.177 e.